The molecule has 1 aliphatic heterocycles. The maximum absolute atomic E-state index is 12.2. The van der Waals surface area contributed by atoms with Crippen molar-refractivity contribution in [1.82, 2.24) is 9.71 Å². The van der Waals surface area contributed by atoms with Crippen molar-refractivity contribution in [2.24, 2.45) is 0 Å². The van der Waals surface area contributed by atoms with Crippen molar-refractivity contribution in [3.8, 4) is 11.5 Å². The molecule has 0 atom stereocenters. The van der Waals surface area contributed by atoms with E-state index in [9.17, 15) is 8.42 Å². The molecule has 3 rings (SSSR count). The van der Waals surface area contributed by atoms with Crippen LogP contribution in [0, 0.1) is 0 Å². The number of halogens is 2. The monoisotopic (exact) mass is 388 g/mol. The Bertz CT molecular complexity index is 841. The minimum absolute atomic E-state index is 0.0621. The molecule has 9 heteroatoms. The molecule has 0 spiro atoms. The summed E-state index contributed by atoms with van der Waals surface area (Å²) < 4.78 is 37.8. The smallest absolute Gasteiger partial charge is 0.242 e. The van der Waals surface area contributed by atoms with Gasteiger partial charge in [-0.1, -0.05) is 23.2 Å². The molecule has 24 heavy (non-hydrogen) atoms. The van der Waals surface area contributed by atoms with Crippen molar-refractivity contribution in [3.63, 3.8) is 0 Å². The number of sulfonamides is 1. The van der Waals surface area contributed by atoms with Crippen LogP contribution < -0.4 is 14.2 Å². The van der Waals surface area contributed by atoms with Gasteiger partial charge in [0.05, 0.1) is 5.02 Å². The molecular weight excluding hydrogens is 375 g/mol. The van der Waals surface area contributed by atoms with E-state index in [0.29, 0.717) is 36.2 Å². The van der Waals surface area contributed by atoms with E-state index >= 15 is 0 Å². The Labute approximate surface area is 149 Å². The third-order valence-electron chi connectivity index (χ3n) is 3.37. The first-order valence-corrected chi connectivity index (χ1v) is 9.39. The Balaban J connectivity index is 1.66. The first kappa shape index (κ1) is 17.3. The van der Waals surface area contributed by atoms with E-state index in [1.807, 2.05) is 0 Å². The van der Waals surface area contributed by atoms with Gasteiger partial charge < -0.3 is 9.47 Å². The van der Waals surface area contributed by atoms with Gasteiger partial charge in [0.1, 0.15) is 23.3 Å². The number of ether oxygens (including phenoxy) is 2. The number of rotatable bonds is 5. The average molecular weight is 389 g/mol. The molecular formula is C15H14Cl2N2O4S. The van der Waals surface area contributed by atoms with Crippen molar-refractivity contribution in [1.29, 1.82) is 0 Å². The summed E-state index contributed by atoms with van der Waals surface area (Å²) in [5.74, 6) is 1.10. The highest BCUT2D eigenvalue weighted by Crippen LogP contribution is 2.38. The van der Waals surface area contributed by atoms with Crippen molar-refractivity contribution < 1.29 is 17.9 Å². The van der Waals surface area contributed by atoms with Crippen LogP contribution in [0.15, 0.2) is 35.4 Å². The molecule has 0 unspecified atom stereocenters. The second-order valence-corrected chi connectivity index (χ2v) is 7.63. The summed E-state index contributed by atoms with van der Waals surface area (Å²) in [6.45, 7) is 1.13. The number of fused-ring (bicyclic) bond motifs is 1. The summed E-state index contributed by atoms with van der Waals surface area (Å²) in [5.41, 5.74) is 0.848. The zero-order valence-corrected chi connectivity index (χ0v) is 14.8. The van der Waals surface area contributed by atoms with Gasteiger partial charge in [-0.15, -0.1) is 0 Å². The number of hydrogen-bond acceptors (Lipinski definition) is 5. The lowest BCUT2D eigenvalue weighted by molar-refractivity contribution is 0.171. The molecule has 128 valence electrons. The summed E-state index contributed by atoms with van der Waals surface area (Å²) in [6, 6.07) is 6.38. The first-order valence-electron chi connectivity index (χ1n) is 7.15. The molecule has 1 aromatic heterocycles. The topological polar surface area (TPSA) is 77.5 Å². The van der Waals surface area contributed by atoms with E-state index in [2.05, 4.69) is 9.71 Å². The van der Waals surface area contributed by atoms with Crippen molar-refractivity contribution in [2.75, 3.05) is 19.8 Å². The molecule has 0 saturated carbocycles. The lowest BCUT2D eigenvalue weighted by Gasteiger charge is -2.20. The average Bonchev–Trinajstić information content (AvgIpc) is 2.55. The predicted molar refractivity (Wildman–Crippen MR) is 90.6 cm³/mol. The molecule has 1 aromatic carbocycles. The third-order valence-corrected chi connectivity index (χ3v) is 5.32. The van der Waals surface area contributed by atoms with Gasteiger partial charge in [-0.3, -0.25) is 0 Å². The van der Waals surface area contributed by atoms with E-state index in [-0.39, 0.29) is 16.6 Å². The van der Waals surface area contributed by atoms with Crippen LogP contribution in [-0.4, -0.2) is 33.2 Å². The highest BCUT2D eigenvalue weighted by molar-refractivity contribution is 7.89. The van der Waals surface area contributed by atoms with Gasteiger partial charge in [0.2, 0.25) is 10.0 Å². The Morgan fingerprint density at radius 3 is 2.71 bits per heavy atom. The van der Waals surface area contributed by atoms with Crippen LogP contribution in [0.4, 0.5) is 0 Å². The van der Waals surface area contributed by atoms with Gasteiger partial charge in [-0.2, -0.15) is 0 Å². The number of nitrogens with one attached hydrogen (secondary N) is 1. The molecule has 0 amide bonds. The van der Waals surface area contributed by atoms with E-state index < -0.39 is 10.0 Å². The number of aromatic nitrogens is 1. The van der Waals surface area contributed by atoms with Gasteiger partial charge in [0, 0.05) is 12.7 Å². The standard InChI is InChI=1S/C15H14Cl2N2O4S/c16-12-7-10(8-13-15(12)23-6-5-22-13)3-4-19-24(20,21)11-1-2-14(17)18-9-11/h1-2,7-9,19H,3-6H2. The SMILES string of the molecule is O=S(=O)(NCCc1cc(Cl)c2c(c1)OCCO2)c1ccc(Cl)nc1. The highest BCUT2D eigenvalue weighted by atomic mass is 35.5. The molecule has 1 N–H and O–H groups in total. The molecule has 0 radical (unpaired) electrons. The molecule has 0 aliphatic carbocycles. The maximum Gasteiger partial charge on any atom is 0.242 e. The predicted octanol–water partition coefficient (Wildman–Crippen LogP) is 2.68. The fraction of sp³-hybridized carbons (Fsp3) is 0.267. The minimum Gasteiger partial charge on any atom is -0.486 e. The molecule has 6 nitrogen and oxygen atoms in total. The highest BCUT2D eigenvalue weighted by Gasteiger charge is 2.17. The molecule has 0 saturated heterocycles. The van der Waals surface area contributed by atoms with E-state index in [4.69, 9.17) is 32.7 Å². The number of benzene rings is 1. The zero-order chi connectivity index (χ0) is 17.2. The minimum atomic E-state index is -3.63. The van der Waals surface area contributed by atoms with Gasteiger partial charge in [0.15, 0.2) is 11.5 Å². The van der Waals surface area contributed by atoms with Crippen LogP contribution in [0.1, 0.15) is 5.56 Å². The normalized spacial score (nSPS) is 13.8. The lowest BCUT2D eigenvalue weighted by Crippen LogP contribution is -2.26. The molecule has 2 heterocycles. The fourth-order valence-electron chi connectivity index (χ4n) is 2.24. The van der Waals surface area contributed by atoms with Gasteiger partial charge in [-0.25, -0.2) is 18.1 Å². The number of hydrogen-bond donors (Lipinski definition) is 1. The van der Waals surface area contributed by atoms with E-state index in [1.165, 1.54) is 18.3 Å². The van der Waals surface area contributed by atoms with Crippen molar-refractivity contribution in [3.05, 3.63) is 46.2 Å². The summed E-state index contributed by atoms with van der Waals surface area (Å²) in [5, 5.41) is 0.687. The van der Waals surface area contributed by atoms with Crippen LogP contribution in [-0.2, 0) is 16.4 Å². The van der Waals surface area contributed by atoms with Gasteiger partial charge >= 0.3 is 0 Å². The van der Waals surface area contributed by atoms with Crippen molar-refractivity contribution in [2.45, 2.75) is 11.3 Å². The summed E-state index contributed by atoms with van der Waals surface area (Å²) in [7, 11) is -3.63. The van der Waals surface area contributed by atoms with Crippen molar-refractivity contribution >= 4 is 33.2 Å². The molecule has 0 fully saturated rings. The summed E-state index contributed by atoms with van der Waals surface area (Å²) in [4.78, 5) is 3.83. The largest absolute Gasteiger partial charge is 0.486 e. The van der Waals surface area contributed by atoms with Crippen LogP contribution in [0.2, 0.25) is 10.2 Å². The fourth-order valence-corrected chi connectivity index (χ4v) is 3.62. The Morgan fingerprint density at radius 1 is 1.17 bits per heavy atom. The Kier molecular flexibility index (Phi) is 5.15. The maximum atomic E-state index is 12.2. The van der Waals surface area contributed by atoms with E-state index in [1.54, 1.807) is 12.1 Å². The zero-order valence-electron chi connectivity index (χ0n) is 12.5. The number of pyridine rings is 1. The Hall–Kier alpha value is -1.54. The van der Waals surface area contributed by atoms with Crippen LogP contribution in [0.5, 0.6) is 11.5 Å². The number of nitrogens with zero attached hydrogens (tertiary/aromatic N) is 1. The van der Waals surface area contributed by atoms with Crippen LogP contribution in [0.3, 0.4) is 0 Å². The summed E-state index contributed by atoms with van der Waals surface area (Å²) >= 11 is 11.8. The second-order valence-electron chi connectivity index (χ2n) is 5.07. The van der Waals surface area contributed by atoms with Crippen LogP contribution in [0.25, 0.3) is 0 Å². The first-order chi connectivity index (χ1) is 11.5. The quantitative estimate of drug-likeness (QED) is 0.796. The molecule has 1 aliphatic rings. The van der Waals surface area contributed by atoms with E-state index in [0.717, 1.165) is 5.56 Å². The molecule has 2 aromatic rings. The second kappa shape index (κ2) is 7.14. The lowest BCUT2D eigenvalue weighted by atomic mass is 10.1. The van der Waals surface area contributed by atoms with Gasteiger partial charge in [-0.05, 0) is 36.2 Å². The Morgan fingerprint density at radius 2 is 1.96 bits per heavy atom. The summed E-state index contributed by atoms with van der Waals surface area (Å²) in [6.07, 6.45) is 1.67. The van der Waals surface area contributed by atoms with Crippen LogP contribution >= 0.6 is 23.2 Å². The van der Waals surface area contributed by atoms with Gasteiger partial charge in [0.25, 0.3) is 0 Å². The third kappa shape index (κ3) is 3.92. The molecule has 0 bridgehead atoms.